The third kappa shape index (κ3) is 2.46. The van der Waals surface area contributed by atoms with Crippen LogP contribution in [0.3, 0.4) is 0 Å². The molecule has 1 aromatic heterocycles. The molecule has 0 unspecified atom stereocenters. The zero-order valence-electron chi connectivity index (χ0n) is 8.74. The van der Waals surface area contributed by atoms with E-state index in [9.17, 15) is 0 Å². The molecule has 0 amide bonds. The first-order valence-electron chi connectivity index (χ1n) is 4.47. The maximum absolute atomic E-state index is 8.91. The van der Waals surface area contributed by atoms with Crippen molar-refractivity contribution in [1.29, 1.82) is 5.26 Å². The SMILES string of the molecule is COc1ccncc1CC(C)(C)C#N. The van der Waals surface area contributed by atoms with Gasteiger partial charge in [0.05, 0.1) is 18.6 Å². The van der Waals surface area contributed by atoms with Crippen molar-refractivity contribution in [2.24, 2.45) is 5.41 Å². The largest absolute Gasteiger partial charge is 0.496 e. The number of nitriles is 1. The molecule has 0 saturated heterocycles. The quantitative estimate of drug-likeness (QED) is 0.733. The van der Waals surface area contributed by atoms with Crippen LogP contribution in [0.1, 0.15) is 19.4 Å². The summed E-state index contributed by atoms with van der Waals surface area (Å²) in [6, 6.07) is 4.07. The molecule has 0 bridgehead atoms. The van der Waals surface area contributed by atoms with Gasteiger partial charge in [-0.25, -0.2) is 0 Å². The molecule has 0 aliphatic heterocycles. The normalized spacial score (nSPS) is 10.7. The van der Waals surface area contributed by atoms with Crippen molar-refractivity contribution in [2.45, 2.75) is 20.3 Å². The second-order valence-corrected chi connectivity index (χ2v) is 3.86. The average molecular weight is 190 g/mol. The van der Waals surface area contributed by atoms with Gasteiger partial charge in [0.2, 0.25) is 0 Å². The van der Waals surface area contributed by atoms with Crippen LogP contribution in [0.2, 0.25) is 0 Å². The Morgan fingerprint density at radius 1 is 1.57 bits per heavy atom. The van der Waals surface area contributed by atoms with Gasteiger partial charge in [-0.3, -0.25) is 4.98 Å². The predicted octanol–water partition coefficient (Wildman–Crippen LogP) is 2.18. The molecule has 0 atom stereocenters. The van der Waals surface area contributed by atoms with E-state index < -0.39 is 0 Å². The standard InChI is InChI=1S/C11H14N2O/c1-11(2,8-12)6-9-7-13-5-4-10(9)14-3/h4-5,7H,6H2,1-3H3. The summed E-state index contributed by atoms with van der Waals surface area (Å²) in [5.41, 5.74) is 0.595. The Labute approximate surface area is 84.3 Å². The van der Waals surface area contributed by atoms with Gasteiger partial charge in [0.15, 0.2) is 0 Å². The second kappa shape index (κ2) is 4.10. The Bertz CT molecular complexity index is 353. The maximum Gasteiger partial charge on any atom is 0.125 e. The molecular weight excluding hydrogens is 176 g/mol. The molecule has 1 heterocycles. The first-order chi connectivity index (χ1) is 6.59. The van der Waals surface area contributed by atoms with Gasteiger partial charge in [-0.15, -0.1) is 0 Å². The number of pyridine rings is 1. The van der Waals surface area contributed by atoms with Crippen molar-refractivity contribution in [2.75, 3.05) is 7.11 Å². The van der Waals surface area contributed by atoms with Gasteiger partial charge >= 0.3 is 0 Å². The van der Waals surface area contributed by atoms with E-state index in [0.717, 1.165) is 11.3 Å². The summed E-state index contributed by atoms with van der Waals surface area (Å²) in [5.74, 6) is 0.795. The van der Waals surface area contributed by atoms with Gasteiger partial charge in [-0.2, -0.15) is 5.26 Å². The van der Waals surface area contributed by atoms with E-state index in [-0.39, 0.29) is 5.41 Å². The lowest BCUT2D eigenvalue weighted by atomic mass is 9.88. The van der Waals surface area contributed by atoms with Crippen LogP contribution in [0.4, 0.5) is 0 Å². The Morgan fingerprint density at radius 3 is 2.86 bits per heavy atom. The third-order valence-corrected chi connectivity index (χ3v) is 2.01. The number of hydrogen-bond acceptors (Lipinski definition) is 3. The van der Waals surface area contributed by atoms with E-state index in [1.165, 1.54) is 0 Å². The summed E-state index contributed by atoms with van der Waals surface area (Å²) in [4.78, 5) is 4.02. The topological polar surface area (TPSA) is 45.9 Å². The van der Waals surface area contributed by atoms with Crippen molar-refractivity contribution in [3.63, 3.8) is 0 Å². The molecule has 0 aliphatic rings. The van der Waals surface area contributed by atoms with E-state index in [0.29, 0.717) is 6.42 Å². The number of nitrogens with zero attached hydrogens (tertiary/aromatic N) is 2. The van der Waals surface area contributed by atoms with Gasteiger partial charge in [-0.05, 0) is 26.3 Å². The van der Waals surface area contributed by atoms with Gasteiger partial charge < -0.3 is 4.74 Å². The Hall–Kier alpha value is -1.56. The smallest absolute Gasteiger partial charge is 0.125 e. The molecule has 0 aromatic carbocycles. The van der Waals surface area contributed by atoms with Crippen LogP contribution in [0.15, 0.2) is 18.5 Å². The van der Waals surface area contributed by atoms with Crippen molar-refractivity contribution >= 4 is 0 Å². The second-order valence-electron chi connectivity index (χ2n) is 3.86. The van der Waals surface area contributed by atoms with E-state index in [1.54, 1.807) is 19.5 Å². The lowest BCUT2D eigenvalue weighted by Crippen LogP contribution is -2.12. The van der Waals surface area contributed by atoms with Crippen LogP contribution in [-0.4, -0.2) is 12.1 Å². The Morgan fingerprint density at radius 2 is 2.29 bits per heavy atom. The van der Waals surface area contributed by atoms with Crippen molar-refractivity contribution in [3.05, 3.63) is 24.0 Å². The van der Waals surface area contributed by atoms with Gasteiger partial charge in [0, 0.05) is 18.0 Å². The minimum absolute atomic E-state index is 0.379. The molecule has 0 N–H and O–H groups in total. The molecule has 0 radical (unpaired) electrons. The van der Waals surface area contributed by atoms with Crippen LogP contribution in [0.5, 0.6) is 5.75 Å². The van der Waals surface area contributed by atoms with Gasteiger partial charge in [0.1, 0.15) is 5.75 Å². The predicted molar refractivity (Wildman–Crippen MR) is 53.9 cm³/mol. The molecule has 3 heteroatoms. The van der Waals surface area contributed by atoms with Crippen molar-refractivity contribution in [1.82, 2.24) is 4.98 Å². The fraction of sp³-hybridized carbons (Fsp3) is 0.455. The van der Waals surface area contributed by atoms with E-state index in [4.69, 9.17) is 10.00 Å². The Kier molecular flexibility index (Phi) is 3.08. The summed E-state index contributed by atoms with van der Waals surface area (Å²) >= 11 is 0. The summed E-state index contributed by atoms with van der Waals surface area (Å²) in [6.45, 7) is 3.80. The van der Waals surface area contributed by atoms with Crippen molar-refractivity contribution < 1.29 is 4.74 Å². The molecular formula is C11H14N2O. The average Bonchev–Trinajstić information content (AvgIpc) is 2.18. The maximum atomic E-state index is 8.91. The van der Waals surface area contributed by atoms with E-state index in [2.05, 4.69) is 11.1 Å². The van der Waals surface area contributed by atoms with Crippen LogP contribution in [0, 0.1) is 16.7 Å². The summed E-state index contributed by atoms with van der Waals surface area (Å²) < 4.78 is 5.19. The fourth-order valence-corrected chi connectivity index (χ4v) is 1.26. The monoisotopic (exact) mass is 190 g/mol. The van der Waals surface area contributed by atoms with Gasteiger partial charge in [0.25, 0.3) is 0 Å². The highest BCUT2D eigenvalue weighted by Gasteiger charge is 2.19. The summed E-state index contributed by atoms with van der Waals surface area (Å²) in [6.07, 6.45) is 4.08. The minimum Gasteiger partial charge on any atom is -0.496 e. The number of methoxy groups -OCH3 is 1. The zero-order valence-corrected chi connectivity index (χ0v) is 8.74. The minimum atomic E-state index is -0.379. The molecule has 14 heavy (non-hydrogen) atoms. The van der Waals surface area contributed by atoms with Gasteiger partial charge in [-0.1, -0.05) is 0 Å². The van der Waals surface area contributed by atoms with E-state index in [1.807, 2.05) is 19.9 Å². The third-order valence-electron chi connectivity index (χ3n) is 2.01. The molecule has 0 spiro atoms. The highest BCUT2D eigenvalue weighted by Crippen LogP contribution is 2.25. The molecule has 0 saturated carbocycles. The molecule has 0 fully saturated rings. The number of aromatic nitrogens is 1. The zero-order chi connectivity index (χ0) is 10.6. The van der Waals surface area contributed by atoms with Crippen LogP contribution >= 0.6 is 0 Å². The van der Waals surface area contributed by atoms with Crippen LogP contribution < -0.4 is 4.74 Å². The highest BCUT2D eigenvalue weighted by atomic mass is 16.5. The van der Waals surface area contributed by atoms with Crippen LogP contribution in [-0.2, 0) is 6.42 Å². The van der Waals surface area contributed by atoms with Crippen molar-refractivity contribution in [3.8, 4) is 11.8 Å². The highest BCUT2D eigenvalue weighted by molar-refractivity contribution is 5.31. The molecule has 1 aromatic rings. The summed E-state index contributed by atoms with van der Waals surface area (Å²) in [5, 5.41) is 8.91. The van der Waals surface area contributed by atoms with Crippen LogP contribution in [0.25, 0.3) is 0 Å². The number of rotatable bonds is 3. The first kappa shape index (κ1) is 10.5. The first-order valence-corrected chi connectivity index (χ1v) is 4.47. The molecule has 3 nitrogen and oxygen atoms in total. The molecule has 74 valence electrons. The number of hydrogen-bond donors (Lipinski definition) is 0. The number of ether oxygens (including phenoxy) is 1. The molecule has 1 rings (SSSR count). The van der Waals surface area contributed by atoms with E-state index >= 15 is 0 Å². The summed E-state index contributed by atoms with van der Waals surface area (Å²) in [7, 11) is 1.62. The fourth-order valence-electron chi connectivity index (χ4n) is 1.26. The lowest BCUT2D eigenvalue weighted by Gasteiger charge is -2.16. The Balaban J connectivity index is 2.92. The molecule has 0 aliphatic carbocycles. The lowest BCUT2D eigenvalue weighted by molar-refractivity contribution is 0.398.